The molecule has 5 nitrogen and oxygen atoms in total. The molecular formula is C11H10NO4S. The summed E-state index contributed by atoms with van der Waals surface area (Å²) >= 11 is 0.857. The first kappa shape index (κ1) is 12.0. The lowest BCUT2D eigenvalue weighted by Crippen LogP contribution is -1.87. The Balaban J connectivity index is 2.50. The van der Waals surface area contributed by atoms with E-state index in [1.807, 2.05) is 12.1 Å². The molecule has 0 aliphatic carbocycles. The van der Waals surface area contributed by atoms with Crippen LogP contribution in [0.3, 0.4) is 0 Å². The molecule has 0 spiro atoms. The lowest BCUT2D eigenvalue weighted by Gasteiger charge is -2.08. The van der Waals surface area contributed by atoms with Gasteiger partial charge in [0.15, 0.2) is 0 Å². The predicted molar refractivity (Wildman–Crippen MR) is 63.9 cm³/mol. The number of methoxy groups -OCH3 is 1. The van der Waals surface area contributed by atoms with Crippen molar-refractivity contribution in [3.05, 3.63) is 30.3 Å². The van der Waals surface area contributed by atoms with Crippen LogP contribution in [0.1, 0.15) is 0 Å². The van der Waals surface area contributed by atoms with Crippen LogP contribution in [0.15, 0.2) is 35.2 Å². The fourth-order valence-corrected chi connectivity index (χ4v) is 2.02. The Morgan fingerprint density at radius 1 is 1.24 bits per heavy atom. The average molecular weight is 252 g/mol. The molecule has 2 rings (SSSR count). The van der Waals surface area contributed by atoms with Crippen molar-refractivity contribution in [2.45, 2.75) is 4.90 Å². The highest BCUT2D eigenvalue weighted by molar-refractivity contribution is 7.94. The highest BCUT2D eigenvalue weighted by Crippen LogP contribution is 2.33. The minimum Gasteiger partial charge on any atom is -0.496 e. The van der Waals surface area contributed by atoms with Gasteiger partial charge in [0.1, 0.15) is 5.75 Å². The summed E-state index contributed by atoms with van der Waals surface area (Å²) in [6.07, 6.45) is 0. The first-order valence-electron chi connectivity index (χ1n) is 4.73. The third-order valence-corrected chi connectivity index (χ3v) is 2.83. The molecule has 2 aromatic rings. The summed E-state index contributed by atoms with van der Waals surface area (Å²) in [6.45, 7) is 0. The second-order valence-electron chi connectivity index (χ2n) is 3.29. The Kier molecular flexibility index (Phi) is 3.70. The van der Waals surface area contributed by atoms with E-state index in [4.69, 9.17) is 15.7 Å². The van der Waals surface area contributed by atoms with E-state index in [1.54, 1.807) is 25.3 Å². The van der Waals surface area contributed by atoms with Crippen molar-refractivity contribution in [1.82, 2.24) is 5.73 Å². The van der Waals surface area contributed by atoms with Crippen LogP contribution in [0.2, 0.25) is 0 Å². The van der Waals surface area contributed by atoms with Crippen molar-refractivity contribution in [3.8, 4) is 5.75 Å². The molecular weight excluding hydrogens is 242 g/mol. The number of fused-ring (bicyclic) bond motifs is 1. The first-order valence-corrected chi connectivity index (χ1v) is 5.47. The average Bonchev–Trinajstić information content (AvgIpc) is 2.34. The van der Waals surface area contributed by atoms with Crippen LogP contribution in [-0.2, 0) is 9.37 Å². The van der Waals surface area contributed by atoms with Crippen LogP contribution >= 0.6 is 12.0 Å². The molecule has 0 heterocycles. The van der Waals surface area contributed by atoms with Crippen LogP contribution in [-0.4, -0.2) is 12.4 Å². The number of ether oxygens (including phenoxy) is 1. The van der Waals surface area contributed by atoms with Gasteiger partial charge in [0, 0.05) is 10.3 Å². The van der Waals surface area contributed by atoms with Gasteiger partial charge in [-0.25, -0.2) is 5.26 Å². The zero-order chi connectivity index (χ0) is 12.3. The molecule has 2 N–H and O–H groups in total. The summed E-state index contributed by atoms with van der Waals surface area (Å²) in [6, 6.07) is 8.83. The molecule has 0 amide bonds. The van der Waals surface area contributed by atoms with Crippen molar-refractivity contribution >= 4 is 28.5 Å². The van der Waals surface area contributed by atoms with Crippen molar-refractivity contribution in [2.24, 2.45) is 0 Å². The molecule has 89 valence electrons. The third kappa shape index (κ3) is 2.62. The first-order chi connectivity index (χ1) is 8.24. The summed E-state index contributed by atoms with van der Waals surface area (Å²) in [5.41, 5.74) is 7.99. The van der Waals surface area contributed by atoms with Gasteiger partial charge in [0.25, 0.3) is 0 Å². The van der Waals surface area contributed by atoms with E-state index in [0.717, 1.165) is 22.8 Å². The summed E-state index contributed by atoms with van der Waals surface area (Å²) in [5.74, 6) is 0.673. The van der Waals surface area contributed by atoms with Gasteiger partial charge in [0.05, 0.1) is 24.8 Å². The maximum Gasteiger partial charge on any atom is 0.127 e. The standard InChI is InChI=1S/C11H10NO4S/c1-14-11-6-9(17-16-15-13)5-7-4-8(12)2-3-10(7)11/h2-6,12-13H,1H3. The molecule has 0 aliphatic heterocycles. The minimum absolute atomic E-state index is 0.418. The molecule has 0 unspecified atom stereocenters. The molecule has 0 fully saturated rings. The van der Waals surface area contributed by atoms with Gasteiger partial charge in [-0.3, -0.25) is 0 Å². The number of hydrogen-bond acceptors (Lipinski definition) is 5. The van der Waals surface area contributed by atoms with E-state index >= 15 is 0 Å². The smallest absolute Gasteiger partial charge is 0.127 e. The zero-order valence-corrected chi connectivity index (χ0v) is 9.78. The van der Waals surface area contributed by atoms with Gasteiger partial charge >= 0.3 is 0 Å². The summed E-state index contributed by atoms with van der Waals surface area (Å²) in [4.78, 5) is 0.703. The number of nitrogens with one attached hydrogen (secondary N) is 1. The van der Waals surface area contributed by atoms with Crippen molar-refractivity contribution < 1.29 is 19.4 Å². The van der Waals surface area contributed by atoms with Crippen LogP contribution < -0.4 is 10.5 Å². The molecule has 1 radical (unpaired) electrons. The highest BCUT2D eigenvalue weighted by Gasteiger charge is 2.06. The van der Waals surface area contributed by atoms with E-state index in [1.165, 1.54) is 0 Å². The second kappa shape index (κ2) is 5.24. The predicted octanol–water partition coefficient (Wildman–Crippen LogP) is 3.19. The SMILES string of the molecule is COc1cc(SOOO)cc2cc([NH])ccc12. The summed E-state index contributed by atoms with van der Waals surface area (Å²) in [5, 5.41) is 13.4. The van der Waals surface area contributed by atoms with E-state index in [-0.39, 0.29) is 0 Å². The number of benzene rings is 2. The van der Waals surface area contributed by atoms with Gasteiger partial charge in [-0.15, -0.1) is 4.33 Å². The summed E-state index contributed by atoms with van der Waals surface area (Å²) < 4.78 is 9.62. The molecule has 2 aromatic carbocycles. The maximum absolute atomic E-state index is 8.11. The summed E-state index contributed by atoms with van der Waals surface area (Å²) in [7, 11) is 1.57. The lowest BCUT2D eigenvalue weighted by atomic mass is 10.1. The largest absolute Gasteiger partial charge is 0.496 e. The second-order valence-corrected chi connectivity index (χ2v) is 4.06. The third-order valence-electron chi connectivity index (χ3n) is 2.27. The Morgan fingerprint density at radius 2 is 2.06 bits per heavy atom. The van der Waals surface area contributed by atoms with Crippen LogP contribution in [0.5, 0.6) is 5.75 Å². The van der Waals surface area contributed by atoms with Crippen LogP contribution in [0, 0.1) is 0 Å². The van der Waals surface area contributed by atoms with Gasteiger partial charge in [-0.2, -0.15) is 0 Å². The minimum atomic E-state index is 0.418. The Morgan fingerprint density at radius 3 is 2.76 bits per heavy atom. The van der Waals surface area contributed by atoms with E-state index in [0.29, 0.717) is 16.3 Å². The Labute approximate surface area is 102 Å². The van der Waals surface area contributed by atoms with Gasteiger partial charge in [0.2, 0.25) is 0 Å². The quantitative estimate of drug-likeness (QED) is 0.514. The molecule has 0 aliphatic rings. The van der Waals surface area contributed by atoms with Crippen molar-refractivity contribution in [1.29, 1.82) is 0 Å². The van der Waals surface area contributed by atoms with Gasteiger partial charge in [-0.1, -0.05) is 5.04 Å². The van der Waals surface area contributed by atoms with Crippen LogP contribution in [0.4, 0.5) is 5.69 Å². The number of hydrogen-bond donors (Lipinski definition) is 1. The molecule has 17 heavy (non-hydrogen) atoms. The fourth-order valence-electron chi connectivity index (χ4n) is 1.58. The van der Waals surface area contributed by atoms with Gasteiger partial charge in [-0.05, 0) is 35.7 Å². The molecule has 6 heteroatoms. The van der Waals surface area contributed by atoms with Crippen molar-refractivity contribution in [2.75, 3.05) is 7.11 Å². The Hall–Kier alpha value is -1.47. The zero-order valence-electron chi connectivity index (χ0n) is 8.97. The highest BCUT2D eigenvalue weighted by atomic mass is 32.2. The van der Waals surface area contributed by atoms with E-state index in [2.05, 4.69) is 9.37 Å². The number of rotatable bonds is 4. The van der Waals surface area contributed by atoms with E-state index < -0.39 is 0 Å². The molecule has 0 saturated heterocycles. The Bertz CT molecular complexity index is 532. The fraction of sp³-hybridized carbons (Fsp3) is 0.0909. The monoisotopic (exact) mass is 252 g/mol. The van der Waals surface area contributed by atoms with Crippen molar-refractivity contribution in [3.63, 3.8) is 0 Å². The van der Waals surface area contributed by atoms with Gasteiger partial charge < -0.3 is 10.5 Å². The lowest BCUT2D eigenvalue weighted by molar-refractivity contribution is -0.432. The molecule has 0 saturated carbocycles. The normalized spacial score (nSPS) is 10.7. The molecule has 0 aromatic heterocycles. The molecule has 0 atom stereocenters. The van der Waals surface area contributed by atoms with Crippen LogP contribution in [0.25, 0.3) is 10.8 Å². The van der Waals surface area contributed by atoms with E-state index in [9.17, 15) is 0 Å². The maximum atomic E-state index is 8.11. The topological polar surface area (TPSA) is 71.7 Å². The molecule has 0 bridgehead atoms.